The molecule has 7 heteroatoms. The van der Waals surface area contributed by atoms with E-state index >= 15 is 0 Å². The number of aromatic nitrogens is 2. The van der Waals surface area contributed by atoms with Crippen LogP contribution in [0, 0.1) is 11.7 Å². The first-order valence-corrected chi connectivity index (χ1v) is 9.50. The molecule has 2 atom stereocenters. The Bertz CT molecular complexity index is 1050. The van der Waals surface area contributed by atoms with E-state index in [0.717, 1.165) is 19.3 Å². The van der Waals surface area contributed by atoms with Gasteiger partial charge < -0.3 is 14.8 Å². The number of phenolic OH excluding ortho intramolecular Hbond substituents is 1. The maximum Gasteiger partial charge on any atom is 0.273 e. The summed E-state index contributed by atoms with van der Waals surface area (Å²) < 4.78 is 20.2. The quantitative estimate of drug-likeness (QED) is 0.410. The Balaban J connectivity index is 1.70. The van der Waals surface area contributed by atoms with Crippen LogP contribution in [0.3, 0.4) is 0 Å². The van der Waals surface area contributed by atoms with E-state index in [0.29, 0.717) is 34.1 Å². The van der Waals surface area contributed by atoms with Gasteiger partial charge in [0, 0.05) is 6.07 Å². The van der Waals surface area contributed by atoms with E-state index in [1.807, 2.05) is 6.07 Å². The number of aromatic hydroxyl groups is 1. The van der Waals surface area contributed by atoms with Crippen molar-refractivity contribution in [1.29, 1.82) is 0 Å². The van der Waals surface area contributed by atoms with Crippen molar-refractivity contribution in [3.05, 3.63) is 41.7 Å². The van der Waals surface area contributed by atoms with Crippen LogP contribution < -0.4 is 15.9 Å². The first-order chi connectivity index (χ1) is 13.4. The molecule has 0 spiro atoms. The SMILES string of the molecule is C[C@H]1CCCC[C@H]1Oc1cccc(-c2nc3cc(C(N)=[NH2+])c(F)cc3[nH]2)c1O. The Morgan fingerprint density at radius 3 is 2.86 bits per heavy atom. The molecule has 0 radical (unpaired) electrons. The van der Waals surface area contributed by atoms with Gasteiger partial charge in [-0.2, -0.15) is 0 Å². The molecule has 2 aromatic carbocycles. The van der Waals surface area contributed by atoms with Gasteiger partial charge in [0.2, 0.25) is 0 Å². The van der Waals surface area contributed by atoms with Crippen molar-refractivity contribution >= 4 is 16.9 Å². The van der Waals surface area contributed by atoms with E-state index in [2.05, 4.69) is 16.9 Å². The second-order valence-corrected chi connectivity index (χ2v) is 7.46. The van der Waals surface area contributed by atoms with E-state index in [4.69, 9.17) is 15.9 Å². The maximum atomic E-state index is 14.1. The zero-order chi connectivity index (χ0) is 19.8. The monoisotopic (exact) mass is 383 g/mol. The predicted octanol–water partition coefficient (Wildman–Crippen LogP) is 2.50. The first-order valence-electron chi connectivity index (χ1n) is 9.50. The number of nitrogens with one attached hydrogen (secondary N) is 1. The lowest BCUT2D eigenvalue weighted by molar-refractivity contribution is -0.114. The van der Waals surface area contributed by atoms with Crippen molar-refractivity contribution in [2.75, 3.05) is 0 Å². The van der Waals surface area contributed by atoms with Crippen LogP contribution in [0.25, 0.3) is 22.4 Å². The van der Waals surface area contributed by atoms with Crippen LogP contribution in [0.1, 0.15) is 38.2 Å². The summed E-state index contributed by atoms with van der Waals surface area (Å²) in [5, 5.41) is 16.3. The van der Waals surface area contributed by atoms with Crippen molar-refractivity contribution in [2.45, 2.75) is 38.7 Å². The molecule has 28 heavy (non-hydrogen) atoms. The fourth-order valence-corrected chi connectivity index (χ4v) is 3.81. The summed E-state index contributed by atoms with van der Waals surface area (Å²) in [4.78, 5) is 7.51. The second kappa shape index (κ2) is 7.14. The Kier molecular flexibility index (Phi) is 4.66. The summed E-state index contributed by atoms with van der Waals surface area (Å²) in [6, 6.07) is 8.08. The van der Waals surface area contributed by atoms with Crippen LogP contribution in [0.4, 0.5) is 4.39 Å². The van der Waals surface area contributed by atoms with Crippen LogP contribution in [0.15, 0.2) is 30.3 Å². The van der Waals surface area contributed by atoms with E-state index in [-0.39, 0.29) is 23.3 Å². The third-order valence-corrected chi connectivity index (χ3v) is 5.45. The van der Waals surface area contributed by atoms with Gasteiger partial charge in [-0.3, -0.25) is 11.1 Å². The number of hydrogen-bond donors (Lipinski definition) is 4. The van der Waals surface area contributed by atoms with E-state index < -0.39 is 5.82 Å². The van der Waals surface area contributed by atoms with Crippen molar-refractivity contribution in [3.63, 3.8) is 0 Å². The normalized spacial score (nSPS) is 19.6. The average Bonchev–Trinajstić information content (AvgIpc) is 3.06. The number of fused-ring (bicyclic) bond motifs is 1. The van der Waals surface area contributed by atoms with E-state index in [1.165, 1.54) is 18.6 Å². The standard InChI is InChI=1S/C21H23FN4O2/c1-11-5-2-3-7-17(11)28-18-8-4-6-12(19(18)27)21-25-15-9-13(20(23)24)14(22)10-16(15)26-21/h4,6,8-11,17,27H,2-3,5,7H2,1H3,(H3,23,24)(H,25,26)/p+1/t11-,17+/m0/s1. The Morgan fingerprint density at radius 1 is 1.32 bits per heavy atom. The Morgan fingerprint density at radius 2 is 2.11 bits per heavy atom. The fourth-order valence-electron chi connectivity index (χ4n) is 3.81. The molecule has 0 unspecified atom stereocenters. The minimum absolute atomic E-state index is 0.0185. The Hall–Kier alpha value is -3.09. The van der Waals surface area contributed by atoms with Crippen LogP contribution in [0.5, 0.6) is 11.5 Å². The Labute approximate surface area is 162 Å². The molecular weight excluding hydrogens is 359 g/mol. The number of para-hydroxylation sites is 1. The fraction of sp³-hybridized carbons (Fsp3) is 0.333. The number of ether oxygens (including phenoxy) is 1. The summed E-state index contributed by atoms with van der Waals surface area (Å²) in [7, 11) is 0. The molecule has 3 aromatic rings. The van der Waals surface area contributed by atoms with Crippen LogP contribution in [-0.4, -0.2) is 27.0 Å². The minimum atomic E-state index is -0.532. The maximum absolute atomic E-state index is 14.1. The highest BCUT2D eigenvalue weighted by Crippen LogP contribution is 2.39. The van der Waals surface area contributed by atoms with Gasteiger partial charge in [0.25, 0.3) is 5.84 Å². The molecule has 146 valence electrons. The molecule has 0 saturated heterocycles. The molecule has 0 bridgehead atoms. The summed E-state index contributed by atoms with van der Waals surface area (Å²) in [5.74, 6) is 0.677. The molecule has 0 aliphatic heterocycles. The van der Waals surface area contributed by atoms with Gasteiger partial charge >= 0.3 is 0 Å². The first kappa shape index (κ1) is 18.3. The number of phenols is 1. The largest absolute Gasteiger partial charge is 0.504 e. The number of nitrogens with zero attached hydrogens (tertiary/aromatic N) is 1. The van der Waals surface area contributed by atoms with Gasteiger partial charge in [-0.25, -0.2) is 9.37 Å². The highest BCUT2D eigenvalue weighted by molar-refractivity contribution is 5.96. The number of nitrogens with two attached hydrogens (primary N) is 2. The topological polar surface area (TPSA) is 110 Å². The van der Waals surface area contributed by atoms with Gasteiger partial charge in [-0.15, -0.1) is 0 Å². The summed E-state index contributed by atoms with van der Waals surface area (Å²) in [6.45, 7) is 2.18. The van der Waals surface area contributed by atoms with E-state index in [1.54, 1.807) is 12.1 Å². The molecular formula is C21H24FN4O2+. The third kappa shape index (κ3) is 3.28. The minimum Gasteiger partial charge on any atom is -0.504 e. The highest BCUT2D eigenvalue weighted by atomic mass is 19.1. The van der Waals surface area contributed by atoms with Crippen molar-refractivity contribution in [1.82, 2.24) is 9.97 Å². The van der Waals surface area contributed by atoms with Gasteiger partial charge in [0.05, 0.1) is 16.6 Å². The van der Waals surface area contributed by atoms with Crippen molar-refractivity contribution in [3.8, 4) is 22.9 Å². The number of hydrogen-bond acceptors (Lipinski definition) is 3. The molecule has 6 N–H and O–H groups in total. The number of aromatic amines is 1. The lowest BCUT2D eigenvalue weighted by Crippen LogP contribution is -2.46. The molecule has 1 aliphatic carbocycles. The molecule has 1 saturated carbocycles. The molecule has 1 aromatic heterocycles. The number of H-pyrrole nitrogens is 1. The molecule has 1 heterocycles. The molecule has 1 fully saturated rings. The van der Waals surface area contributed by atoms with Crippen LogP contribution in [-0.2, 0) is 0 Å². The number of benzene rings is 2. The average molecular weight is 383 g/mol. The number of halogens is 1. The van der Waals surface area contributed by atoms with Crippen LogP contribution in [0.2, 0.25) is 0 Å². The number of amidine groups is 1. The molecule has 6 nitrogen and oxygen atoms in total. The van der Waals surface area contributed by atoms with Crippen molar-refractivity contribution < 1.29 is 19.6 Å². The van der Waals surface area contributed by atoms with Crippen LogP contribution >= 0.6 is 0 Å². The number of imidazole rings is 1. The summed E-state index contributed by atoms with van der Waals surface area (Å²) in [6.07, 6.45) is 4.55. The lowest BCUT2D eigenvalue weighted by Gasteiger charge is -2.29. The van der Waals surface area contributed by atoms with Gasteiger partial charge in [0.1, 0.15) is 23.3 Å². The lowest BCUT2D eigenvalue weighted by atomic mass is 9.88. The smallest absolute Gasteiger partial charge is 0.273 e. The zero-order valence-electron chi connectivity index (χ0n) is 15.7. The van der Waals surface area contributed by atoms with Gasteiger partial charge in [0.15, 0.2) is 11.5 Å². The van der Waals surface area contributed by atoms with E-state index in [9.17, 15) is 9.50 Å². The third-order valence-electron chi connectivity index (χ3n) is 5.45. The molecule has 0 amide bonds. The van der Waals surface area contributed by atoms with Gasteiger partial charge in [-0.1, -0.05) is 19.4 Å². The highest BCUT2D eigenvalue weighted by Gasteiger charge is 2.25. The predicted molar refractivity (Wildman–Crippen MR) is 105 cm³/mol. The van der Waals surface area contributed by atoms with Gasteiger partial charge in [-0.05, 0) is 43.4 Å². The number of rotatable bonds is 4. The summed E-state index contributed by atoms with van der Waals surface area (Å²) >= 11 is 0. The molecule has 4 rings (SSSR count). The zero-order valence-corrected chi connectivity index (χ0v) is 15.7. The summed E-state index contributed by atoms with van der Waals surface area (Å²) in [5.41, 5.74) is 7.12. The molecule has 1 aliphatic rings. The van der Waals surface area contributed by atoms with Crippen molar-refractivity contribution in [2.24, 2.45) is 11.7 Å². The second-order valence-electron chi connectivity index (χ2n) is 7.46.